The van der Waals surface area contributed by atoms with Crippen LogP contribution in [-0.2, 0) is 6.42 Å². The summed E-state index contributed by atoms with van der Waals surface area (Å²) >= 11 is 0. The van der Waals surface area contributed by atoms with Crippen LogP contribution in [0.25, 0.3) is 0 Å². The van der Waals surface area contributed by atoms with Crippen molar-refractivity contribution in [1.29, 1.82) is 0 Å². The number of benzene rings is 1. The third-order valence-electron chi connectivity index (χ3n) is 1.62. The lowest BCUT2D eigenvalue weighted by molar-refractivity contribution is 0.112. The van der Waals surface area contributed by atoms with Gasteiger partial charge in [0.1, 0.15) is 6.29 Å². The molecule has 0 radical (unpaired) electrons. The highest BCUT2D eigenvalue weighted by Crippen LogP contribution is 2.05. The lowest BCUT2D eigenvalue weighted by atomic mass is 10.1. The predicted molar refractivity (Wildman–Crippen MR) is 47.2 cm³/mol. The fraction of sp³-hybridized carbons (Fsp3) is 0.300. The van der Waals surface area contributed by atoms with Crippen molar-refractivity contribution in [1.82, 2.24) is 0 Å². The highest BCUT2D eigenvalue weighted by molar-refractivity contribution is 5.74. The van der Waals surface area contributed by atoms with Gasteiger partial charge in [0.25, 0.3) is 0 Å². The van der Waals surface area contributed by atoms with E-state index in [4.69, 9.17) is 5.11 Å². The van der Waals surface area contributed by atoms with Gasteiger partial charge in [-0.1, -0.05) is 18.2 Å². The average molecular weight is 164 g/mol. The number of rotatable bonds is 3. The van der Waals surface area contributed by atoms with E-state index in [0.29, 0.717) is 12.0 Å². The third kappa shape index (κ3) is 2.47. The maximum Gasteiger partial charge on any atom is 0.150 e. The summed E-state index contributed by atoms with van der Waals surface area (Å²) in [6, 6.07) is 7.26. The van der Waals surface area contributed by atoms with E-state index in [1.165, 1.54) is 0 Å². The molecule has 1 aromatic carbocycles. The number of aldehydes is 1. The zero-order valence-corrected chi connectivity index (χ0v) is 7.03. The Morgan fingerprint density at radius 2 is 2.33 bits per heavy atom. The molecule has 1 unspecified atom stereocenters. The molecular formula is C10H12O2. The van der Waals surface area contributed by atoms with Crippen molar-refractivity contribution in [3.8, 4) is 0 Å². The number of aliphatic hydroxyl groups is 1. The van der Waals surface area contributed by atoms with Crippen molar-refractivity contribution in [2.75, 3.05) is 0 Å². The van der Waals surface area contributed by atoms with E-state index in [2.05, 4.69) is 0 Å². The Labute approximate surface area is 71.8 Å². The van der Waals surface area contributed by atoms with Gasteiger partial charge >= 0.3 is 0 Å². The van der Waals surface area contributed by atoms with Crippen LogP contribution in [0.2, 0.25) is 0 Å². The second-order valence-electron chi connectivity index (χ2n) is 2.92. The Morgan fingerprint density at radius 3 is 2.92 bits per heavy atom. The summed E-state index contributed by atoms with van der Waals surface area (Å²) in [6.07, 6.45) is 1.06. The minimum atomic E-state index is -0.355. The number of carbonyl (C=O) groups is 1. The molecule has 2 heteroatoms. The first-order valence-electron chi connectivity index (χ1n) is 3.94. The first-order chi connectivity index (χ1) is 5.72. The van der Waals surface area contributed by atoms with Gasteiger partial charge in [-0.15, -0.1) is 0 Å². The Kier molecular flexibility index (Phi) is 3.00. The summed E-state index contributed by atoms with van der Waals surface area (Å²) in [6.45, 7) is 1.73. The van der Waals surface area contributed by atoms with Crippen LogP contribution in [0.15, 0.2) is 24.3 Å². The summed E-state index contributed by atoms with van der Waals surface area (Å²) in [7, 11) is 0. The monoisotopic (exact) mass is 164 g/mol. The fourth-order valence-electron chi connectivity index (χ4n) is 1.13. The Morgan fingerprint density at radius 1 is 1.58 bits per heavy atom. The number of carbonyl (C=O) groups excluding carboxylic acids is 1. The normalized spacial score (nSPS) is 12.5. The minimum Gasteiger partial charge on any atom is -0.393 e. The van der Waals surface area contributed by atoms with Crippen LogP contribution < -0.4 is 0 Å². The van der Waals surface area contributed by atoms with Gasteiger partial charge < -0.3 is 5.11 Å². The molecule has 1 aromatic rings. The van der Waals surface area contributed by atoms with Gasteiger partial charge in [-0.25, -0.2) is 0 Å². The number of aliphatic hydroxyl groups excluding tert-OH is 1. The van der Waals surface area contributed by atoms with Gasteiger partial charge in [-0.2, -0.15) is 0 Å². The van der Waals surface area contributed by atoms with Gasteiger partial charge in [-0.3, -0.25) is 4.79 Å². The molecule has 0 amide bonds. The highest BCUT2D eigenvalue weighted by Gasteiger charge is 1.98. The van der Waals surface area contributed by atoms with Crippen LogP contribution in [-0.4, -0.2) is 17.5 Å². The zero-order valence-electron chi connectivity index (χ0n) is 7.03. The molecule has 1 rings (SSSR count). The highest BCUT2D eigenvalue weighted by atomic mass is 16.3. The molecule has 0 bridgehead atoms. The minimum absolute atomic E-state index is 0.355. The van der Waals surface area contributed by atoms with E-state index in [0.717, 1.165) is 11.8 Å². The Bertz CT molecular complexity index is 266. The number of hydrogen-bond acceptors (Lipinski definition) is 2. The van der Waals surface area contributed by atoms with Crippen LogP contribution in [0.3, 0.4) is 0 Å². The standard InChI is InChI=1S/C10H12O2/c1-8(12)5-9-3-2-4-10(6-9)7-11/h2-4,6-8,12H,5H2,1H3. The maximum atomic E-state index is 10.4. The molecule has 0 aliphatic carbocycles. The SMILES string of the molecule is CC(O)Cc1cccc(C=O)c1. The molecule has 2 nitrogen and oxygen atoms in total. The summed E-state index contributed by atoms with van der Waals surface area (Å²) in [5.74, 6) is 0. The van der Waals surface area contributed by atoms with Crippen molar-refractivity contribution in [2.45, 2.75) is 19.4 Å². The Hall–Kier alpha value is -1.15. The van der Waals surface area contributed by atoms with Crippen molar-refractivity contribution < 1.29 is 9.90 Å². The molecule has 0 saturated heterocycles. The molecule has 1 N–H and O–H groups in total. The van der Waals surface area contributed by atoms with Crippen LogP contribution in [0, 0.1) is 0 Å². The largest absolute Gasteiger partial charge is 0.393 e. The van der Waals surface area contributed by atoms with Crippen LogP contribution in [0.4, 0.5) is 0 Å². The van der Waals surface area contributed by atoms with Crippen LogP contribution in [0.5, 0.6) is 0 Å². The van der Waals surface area contributed by atoms with Crippen molar-refractivity contribution in [3.05, 3.63) is 35.4 Å². The molecule has 0 aromatic heterocycles. The second-order valence-corrected chi connectivity index (χ2v) is 2.92. The topological polar surface area (TPSA) is 37.3 Å². The van der Waals surface area contributed by atoms with Gasteiger partial charge in [0.2, 0.25) is 0 Å². The molecule has 0 heterocycles. The van der Waals surface area contributed by atoms with Crippen LogP contribution >= 0.6 is 0 Å². The van der Waals surface area contributed by atoms with Gasteiger partial charge in [0, 0.05) is 5.56 Å². The second kappa shape index (κ2) is 4.02. The zero-order chi connectivity index (χ0) is 8.97. The molecule has 0 fully saturated rings. The summed E-state index contributed by atoms with van der Waals surface area (Å²) in [4.78, 5) is 10.4. The van der Waals surface area contributed by atoms with Crippen LogP contribution in [0.1, 0.15) is 22.8 Å². The molecule has 1 atom stereocenters. The molecule has 0 saturated carbocycles. The third-order valence-corrected chi connectivity index (χ3v) is 1.62. The number of hydrogen-bond donors (Lipinski definition) is 1. The van der Waals surface area contributed by atoms with E-state index < -0.39 is 0 Å². The van der Waals surface area contributed by atoms with E-state index in [1.807, 2.05) is 12.1 Å². The molecule has 12 heavy (non-hydrogen) atoms. The smallest absolute Gasteiger partial charge is 0.150 e. The van der Waals surface area contributed by atoms with E-state index in [-0.39, 0.29) is 6.10 Å². The van der Waals surface area contributed by atoms with E-state index >= 15 is 0 Å². The van der Waals surface area contributed by atoms with Gasteiger partial charge in [0.15, 0.2) is 0 Å². The van der Waals surface area contributed by atoms with Crippen molar-refractivity contribution in [3.63, 3.8) is 0 Å². The Balaban J connectivity index is 2.79. The quantitative estimate of drug-likeness (QED) is 0.686. The predicted octanol–water partition coefficient (Wildman–Crippen LogP) is 1.42. The molecule has 0 aliphatic heterocycles. The summed E-state index contributed by atoms with van der Waals surface area (Å²) in [5, 5.41) is 9.08. The van der Waals surface area contributed by atoms with E-state index in [1.54, 1.807) is 19.1 Å². The van der Waals surface area contributed by atoms with Gasteiger partial charge in [0.05, 0.1) is 6.10 Å². The van der Waals surface area contributed by atoms with Gasteiger partial charge in [-0.05, 0) is 25.0 Å². The molecule has 0 spiro atoms. The molecule has 0 aliphatic rings. The molecular weight excluding hydrogens is 152 g/mol. The summed E-state index contributed by atoms with van der Waals surface area (Å²) in [5.41, 5.74) is 1.66. The first-order valence-corrected chi connectivity index (χ1v) is 3.94. The average Bonchev–Trinajstić information content (AvgIpc) is 2.03. The molecule has 64 valence electrons. The van der Waals surface area contributed by atoms with Crippen molar-refractivity contribution in [2.24, 2.45) is 0 Å². The van der Waals surface area contributed by atoms with E-state index in [9.17, 15) is 4.79 Å². The lowest BCUT2D eigenvalue weighted by Gasteiger charge is -2.03. The fourth-order valence-corrected chi connectivity index (χ4v) is 1.13. The first kappa shape index (κ1) is 8.94. The lowest BCUT2D eigenvalue weighted by Crippen LogP contribution is -2.04. The maximum absolute atomic E-state index is 10.4. The summed E-state index contributed by atoms with van der Waals surface area (Å²) < 4.78 is 0. The van der Waals surface area contributed by atoms with Crippen molar-refractivity contribution >= 4 is 6.29 Å².